The van der Waals surface area contributed by atoms with E-state index in [4.69, 9.17) is 5.11 Å². The molecule has 0 spiro atoms. The molecule has 0 saturated carbocycles. The average Bonchev–Trinajstić information content (AvgIpc) is 2.30. The molecule has 0 bridgehead atoms. The van der Waals surface area contributed by atoms with Crippen LogP contribution in [0.2, 0.25) is 0 Å². The van der Waals surface area contributed by atoms with E-state index < -0.39 is 11.4 Å². The number of nitrogens with one attached hydrogen (secondary N) is 1. The molecule has 0 aliphatic heterocycles. The van der Waals surface area contributed by atoms with Crippen LogP contribution in [0.4, 0.5) is 0 Å². The van der Waals surface area contributed by atoms with Crippen molar-refractivity contribution in [2.75, 3.05) is 26.2 Å². The summed E-state index contributed by atoms with van der Waals surface area (Å²) in [6.45, 7) is 10.1. The van der Waals surface area contributed by atoms with Gasteiger partial charge in [0.25, 0.3) is 0 Å². The molecule has 0 aliphatic carbocycles. The Balaban J connectivity index is 4.32. The minimum Gasteiger partial charge on any atom is -0.480 e. The van der Waals surface area contributed by atoms with E-state index in [9.17, 15) is 9.59 Å². The summed E-state index contributed by atoms with van der Waals surface area (Å²) in [4.78, 5) is 24.5. The van der Waals surface area contributed by atoms with E-state index in [1.165, 1.54) is 0 Å². The Morgan fingerprint density at radius 2 is 1.89 bits per heavy atom. The molecule has 106 valence electrons. The van der Waals surface area contributed by atoms with Crippen LogP contribution in [0.3, 0.4) is 0 Å². The number of aliphatic carboxylic acids is 1. The molecule has 0 saturated heterocycles. The molecule has 0 atom stereocenters. The molecule has 0 radical (unpaired) electrons. The number of nitrogens with zero attached hydrogens (tertiary/aromatic N) is 1. The van der Waals surface area contributed by atoms with Gasteiger partial charge in [-0.3, -0.25) is 9.59 Å². The van der Waals surface area contributed by atoms with Crippen LogP contribution in [0.5, 0.6) is 0 Å². The number of rotatable bonds is 9. The van der Waals surface area contributed by atoms with Gasteiger partial charge in [0.2, 0.25) is 5.91 Å². The molecular formula is C13H26N2O3. The molecule has 0 aromatic carbocycles. The normalized spacial score (nSPS) is 11.6. The van der Waals surface area contributed by atoms with E-state index in [-0.39, 0.29) is 12.5 Å². The van der Waals surface area contributed by atoms with Gasteiger partial charge >= 0.3 is 5.97 Å². The summed E-state index contributed by atoms with van der Waals surface area (Å²) in [5, 5.41) is 11.0. The number of carbonyl (C=O) groups is 2. The molecule has 0 aromatic rings. The number of carboxylic acids is 1. The quantitative estimate of drug-likeness (QED) is 0.654. The molecule has 5 nitrogen and oxygen atoms in total. The van der Waals surface area contributed by atoms with Crippen molar-refractivity contribution < 1.29 is 14.7 Å². The highest BCUT2D eigenvalue weighted by molar-refractivity contribution is 5.85. The summed E-state index contributed by atoms with van der Waals surface area (Å²) in [5.41, 5.74) is -0.570. The van der Waals surface area contributed by atoms with Gasteiger partial charge in [0.1, 0.15) is 6.54 Å². The van der Waals surface area contributed by atoms with Crippen LogP contribution in [0.25, 0.3) is 0 Å². The fourth-order valence-corrected chi connectivity index (χ4v) is 1.76. The molecule has 1 amide bonds. The number of unbranched alkanes of at least 4 members (excludes halogenated alkanes) is 1. The predicted molar refractivity (Wildman–Crippen MR) is 71.4 cm³/mol. The molecule has 18 heavy (non-hydrogen) atoms. The molecule has 2 N–H and O–H groups in total. The standard InChI is InChI=1S/C13H26N2O3/c1-5-7-8-15(6-2)10-13(3,4)12(18)14-9-11(16)17/h5-10H2,1-4H3,(H,14,18)(H,16,17). The number of amides is 1. The van der Waals surface area contributed by atoms with Gasteiger partial charge in [-0.2, -0.15) is 0 Å². The zero-order chi connectivity index (χ0) is 14.2. The Labute approximate surface area is 110 Å². The first-order valence-electron chi connectivity index (χ1n) is 6.56. The summed E-state index contributed by atoms with van der Waals surface area (Å²) in [7, 11) is 0. The highest BCUT2D eigenvalue weighted by Gasteiger charge is 2.29. The van der Waals surface area contributed by atoms with Crippen LogP contribution in [-0.4, -0.2) is 48.1 Å². The van der Waals surface area contributed by atoms with Gasteiger partial charge < -0.3 is 15.3 Å². The SMILES string of the molecule is CCCCN(CC)CC(C)(C)C(=O)NCC(=O)O. The third-order valence-electron chi connectivity index (χ3n) is 2.91. The summed E-state index contributed by atoms with van der Waals surface area (Å²) >= 11 is 0. The number of hydrogen-bond acceptors (Lipinski definition) is 3. The van der Waals surface area contributed by atoms with Gasteiger partial charge in [-0.15, -0.1) is 0 Å². The highest BCUT2D eigenvalue weighted by Crippen LogP contribution is 2.17. The highest BCUT2D eigenvalue weighted by atomic mass is 16.4. The van der Waals surface area contributed by atoms with Gasteiger partial charge in [0.15, 0.2) is 0 Å². The Morgan fingerprint density at radius 1 is 1.28 bits per heavy atom. The maximum Gasteiger partial charge on any atom is 0.322 e. The van der Waals surface area contributed by atoms with Crippen LogP contribution < -0.4 is 5.32 Å². The third kappa shape index (κ3) is 6.59. The second-order valence-electron chi connectivity index (χ2n) is 5.18. The van der Waals surface area contributed by atoms with E-state index in [0.29, 0.717) is 6.54 Å². The first-order valence-corrected chi connectivity index (χ1v) is 6.56. The van der Waals surface area contributed by atoms with E-state index in [2.05, 4.69) is 24.1 Å². The Morgan fingerprint density at radius 3 is 2.33 bits per heavy atom. The van der Waals surface area contributed by atoms with Crippen LogP contribution in [0.1, 0.15) is 40.5 Å². The van der Waals surface area contributed by atoms with Crippen LogP contribution >= 0.6 is 0 Å². The summed E-state index contributed by atoms with van der Waals surface area (Å²) in [6, 6.07) is 0. The summed E-state index contributed by atoms with van der Waals surface area (Å²) < 4.78 is 0. The van der Waals surface area contributed by atoms with E-state index >= 15 is 0 Å². The van der Waals surface area contributed by atoms with Gasteiger partial charge in [0, 0.05) is 6.54 Å². The van der Waals surface area contributed by atoms with Gasteiger partial charge in [-0.1, -0.05) is 20.3 Å². The van der Waals surface area contributed by atoms with Gasteiger partial charge in [0.05, 0.1) is 5.41 Å². The summed E-state index contributed by atoms with van der Waals surface area (Å²) in [6.07, 6.45) is 2.24. The van der Waals surface area contributed by atoms with Crippen molar-refractivity contribution in [3.63, 3.8) is 0 Å². The lowest BCUT2D eigenvalue weighted by Gasteiger charge is -2.30. The van der Waals surface area contributed by atoms with Crippen molar-refractivity contribution in [1.82, 2.24) is 10.2 Å². The molecule has 5 heteroatoms. The minimum absolute atomic E-state index is 0.208. The lowest BCUT2D eigenvalue weighted by Crippen LogP contribution is -2.46. The van der Waals surface area contributed by atoms with Crippen LogP contribution in [-0.2, 0) is 9.59 Å². The molecule has 0 unspecified atom stereocenters. The molecule has 0 aromatic heterocycles. The van der Waals surface area contributed by atoms with Gasteiger partial charge in [-0.25, -0.2) is 0 Å². The monoisotopic (exact) mass is 258 g/mol. The van der Waals surface area contributed by atoms with Crippen molar-refractivity contribution in [3.05, 3.63) is 0 Å². The Kier molecular flexibility index (Phi) is 7.59. The zero-order valence-corrected chi connectivity index (χ0v) is 12.0. The second kappa shape index (κ2) is 8.08. The Bertz CT molecular complexity index is 277. The van der Waals surface area contributed by atoms with Gasteiger partial charge in [-0.05, 0) is 33.4 Å². The first-order chi connectivity index (χ1) is 8.33. The van der Waals surface area contributed by atoms with Crippen molar-refractivity contribution >= 4 is 11.9 Å². The van der Waals surface area contributed by atoms with E-state index in [0.717, 1.165) is 25.9 Å². The smallest absolute Gasteiger partial charge is 0.322 e. The third-order valence-corrected chi connectivity index (χ3v) is 2.91. The minimum atomic E-state index is -1.02. The molecule has 0 heterocycles. The van der Waals surface area contributed by atoms with E-state index in [1.807, 2.05) is 13.8 Å². The number of carbonyl (C=O) groups excluding carboxylic acids is 1. The Hall–Kier alpha value is -1.10. The molecule has 0 fully saturated rings. The number of carboxylic acid groups (broad SMARTS) is 1. The summed E-state index contributed by atoms with van der Waals surface area (Å²) in [5.74, 6) is -1.22. The molecule has 0 aliphatic rings. The topological polar surface area (TPSA) is 69.6 Å². The zero-order valence-electron chi connectivity index (χ0n) is 12.0. The lowest BCUT2D eigenvalue weighted by atomic mass is 9.91. The lowest BCUT2D eigenvalue weighted by molar-refractivity contribution is -0.139. The average molecular weight is 258 g/mol. The number of hydrogen-bond donors (Lipinski definition) is 2. The second-order valence-corrected chi connectivity index (χ2v) is 5.18. The predicted octanol–water partition coefficient (Wildman–Crippen LogP) is 1.34. The van der Waals surface area contributed by atoms with Crippen LogP contribution in [0.15, 0.2) is 0 Å². The molecular weight excluding hydrogens is 232 g/mol. The van der Waals surface area contributed by atoms with Crippen molar-refractivity contribution in [2.24, 2.45) is 5.41 Å². The fourth-order valence-electron chi connectivity index (χ4n) is 1.76. The maximum absolute atomic E-state index is 11.9. The van der Waals surface area contributed by atoms with E-state index in [1.54, 1.807) is 0 Å². The maximum atomic E-state index is 11.9. The van der Waals surface area contributed by atoms with Crippen molar-refractivity contribution in [3.8, 4) is 0 Å². The largest absolute Gasteiger partial charge is 0.480 e. The first kappa shape index (κ1) is 16.9. The molecule has 0 rings (SSSR count). The van der Waals surface area contributed by atoms with Crippen LogP contribution in [0, 0.1) is 5.41 Å². The van der Waals surface area contributed by atoms with Crippen molar-refractivity contribution in [1.29, 1.82) is 0 Å². The van der Waals surface area contributed by atoms with Crippen molar-refractivity contribution in [2.45, 2.75) is 40.5 Å². The fraction of sp³-hybridized carbons (Fsp3) is 0.846.